The number of hydrogen-bond donors (Lipinski definition) is 2. The Hall–Kier alpha value is -1.47. The summed E-state index contributed by atoms with van der Waals surface area (Å²) in [5.74, 6) is -0.281. The van der Waals surface area contributed by atoms with Crippen LogP contribution in [0.5, 0.6) is 0 Å². The van der Waals surface area contributed by atoms with Gasteiger partial charge in [0.1, 0.15) is 4.38 Å². The quantitative estimate of drug-likeness (QED) is 0.870. The van der Waals surface area contributed by atoms with E-state index in [1.807, 2.05) is 6.92 Å². The first kappa shape index (κ1) is 15.9. The van der Waals surface area contributed by atoms with Crippen molar-refractivity contribution in [1.82, 2.24) is 0 Å². The van der Waals surface area contributed by atoms with Crippen molar-refractivity contribution in [3.63, 3.8) is 0 Å². The summed E-state index contributed by atoms with van der Waals surface area (Å²) < 4.78 is 0.934. The molecule has 2 rings (SSSR count). The van der Waals surface area contributed by atoms with Gasteiger partial charge >= 0.3 is 5.97 Å². The number of carbonyl (C=O) groups excluding carboxylic acids is 1. The van der Waals surface area contributed by atoms with Crippen LogP contribution in [0.25, 0.3) is 0 Å². The molecule has 1 aliphatic heterocycles. The van der Waals surface area contributed by atoms with Crippen molar-refractivity contribution in [3.05, 3.63) is 29.8 Å². The number of nitrogens with zero attached hydrogens (tertiary/aromatic N) is 1. The van der Waals surface area contributed by atoms with Gasteiger partial charge in [-0.05, 0) is 18.6 Å². The lowest BCUT2D eigenvalue weighted by Crippen LogP contribution is -2.26. The standard InChI is InChI=1S/C14H16N2O3S2/c1-2-11(21-14-15-7-8-20-14)12(17)16-10-6-4-3-5-9(10)13(18)19/h3-6,11H,2,7-8H2,1H3,(H,16,17)(H,18,19). The van der Waals surface area contributed by atoms with Crippen molar-refractivity contribution in [2.45, 2.75) is 18.6 Å². The number of thioether (sulfide) groups is 2. The Balaban J connectivity index is 2.07. The molecule has 0 bridgehead atoms. The van der Waals surface area contributed by atoms with Gasteiger partial charge in [-0.25, -0.2) is 4.79 Å². The zero-order valence-corrected chi connectivity index (χ0v) is 13.2. The molecule has 112 valence electrons. The summed E-state index contributed by atoms with van der Waals surface area (Å²) in [5, 5.41) is 11.6. The Morgan fingerprint density at radius 2 is 2.24 bits per heavy atom. The molecule has 5 nitrogen and oxygen atoms in total. The molecule has 1 aromatic rings. The van der Waals surface area contributed by atoms with Gasteiger partial charge in [0.05, 0.1) is 23.0 Å². The highest BCUT2D eigenvalue weighted by Gasteiger charge is 2.23. The maximum atomic E-state index is 12.3. The number of benzene rings is 1. The number of carboxylic acid groups (broad SMARTS) is 1. The molecule has 0 radical (unpaired) electrons. The predicted molar refractivity (Wildman–Crippen MR) is 88.5 cm³/mol. The van der Waals surface area contributed by atoms with E-state index >= 15 is 0 Å². The first-order chi connectivity index (χ1) is 10.1. The largest absolute Gasteiger partial charge is 0.478 e. The van der Waals surface area contributed by atoms with Crippen molar-refractivity contribution in [2.75, 3.05) is 17.6 Å². The predicted octanol–water partition coefficient (Wildman–Crippen LogP) is 2.94. The third kappa shape index (κ3) is 4.25. The second-order valence-electron chi connectivity index (χ2n) is 4.35. The highest BCUT2D eigenvalue weighted by Crippen LogP contribution is 2.28. The SMILES string of the molecule is CCC(SC1=NCCS1)C(=O)Nc1ccccc1C(=O)O. The lowest BCUT2D eigenvalue weighted by molar-refractivity contribution is -0.115. The number of rotatable bonds is 5. The molecule has 1 atom stereocenters. The van der Waals surface area contributed by atoms with Crippen LogP contribution in [0.4, 0.5) is 5.69 Å². The maximum Gasteiger partial charge on any atom is 0.337 e. The summed E-state index contributed by atoms with van der Waals surface area (Å²) in [6, 6.07) is 6.41. The van der Waals surface area contributed by atoms with Gasteiger partial charge < -0.3 is 10.4 Å². The number of amides is 1. The minimum atomic E-state index is -1.05. The number of carboxylic acids is 1. The molecular formula is C14H16N2O3S2. The Morgan fingerprint density at radius 1 is 1.48 bits per heavy atom. The minimum absolute atomic E-state index is 0.0956. The molecule has 0 saturated heterocycles. The van der Waals surface area contributed by atoms with Gasteiger partial charge in [0, 0.05) is 5.75 Å². The van der Waals surface area contributed by atoms with E-state index in [9.17, 15) is 9.59 Å². The van der Waals surface area contributed by atoms with Crippen LogP contribution in [0.2, 0.25) is 0 Å². The maximum absolute atomic E-state index is 12.3. The summed E-state index contributed by atoms with van der Waals surface area (Å²) in [5.41, 5.74) is 0.424. The Morgan fingerprint density at radius 3 is 2.86 bits per heavy atom. The van der Waals surface area contributed by atoms with Gasteiger partial charge in [0.2, 0.25) is 5.91 Å². The smallest absolute Gasteiger partial charge is 0.337 e. The molecule has 7 heteroatoms. The van der Waals surface area contributed by atoms with Crippen LogP contribution < -0.4 is 5.32 Å². The number of nitrogens with one attached hydrogen (secondary N) is 1. The zero-order chi connectivity index (χ0) is 15.2. The van der Waals surface area contributed by atoms with E-state index in [-0.39, 0.29) is 16.7 Å². The van der Waals surface area contributed by atoms with Gasteiger partial charge in [-0.15, -0.1) is 0 Å². The van der Waals surface area contributed by atoms with Crippen LogP contribution in [0.15, 0.2) is 29.3 Å². The molecule has 1 amide bonds. The fourth-order valence-corrected chi connectivity index (χ4v) is 3.97. The molecule has 1 aliphatic rings. The zero-order valence-electron chi connectivity index (χ0n) is 11.5. The van der Waals surface area contributed by atoms with Crippen LogP contribution in [0.1, 0.15) is 23.7 Å². The fourth-order valence-electron chi connectivity index (χ4n) is 1.82. The molecule has 0 fully saturated rings. The average molecular weight is 324 g/mol. The highest BCUT2D eigenvalue weighted by atomic mass is 32.2. The molecule has 21 heavy (non-hydrogen) atoms. The number of hydrogen-bond acceptors (Lipinski definition) is 5. The van der Waals surface area contributed by atoms with Crippen LogP contribution in [0, 0.1) is 0 Å². The molecule has 1 aromatic carbocycles. The van der Waals surface area contributed by atoms with Crippen molar-refractivity contribution in [2.24, 2.45) is 4.99 Å². The van der Waals surface area contributed by atoms with E-state index < -0.39 is 5.97 Å². The molecule has 0 saturated carbocycles. The van der Waals surface area contributed by atoms with E-state index in [4.69, 9.17) is 5.11 Å². The van der Waals surface area contributed by atoms with Crippen LogP contribution in [0.3, 0.4) is 0 Å². The summed E-state index contributed by atoms with van der Waals surface area (Å²) in [4.78, 5) is 27.8. The summed E-state index contributed by atoms with van der Waals surface area (Å²) in [6.45, 7) is 2.73. The van der Waals surface area contributed by atoms with Crippen molar-refractivity contribution in [1.29, 1.82) is 0 Å². The van der Waals surface area contributed by atoms with Gasteiger partial charge in [0.25, 0.3) is 0 Å². The van der Waals surface area contributed by atoms with Crippen LogP contribution in [-0.4, -0.2) is 38.9 Å². The second-order valence-corrected chi connectivity index (χ2v) is 6.88. The molecule has 2 N–H and O–H groups in total. The molecule has 1 unspecified atom stereocenters. The Labute approximate surface area is 131 Å². The molecular weight excluding hydrogens is 308 g/mol. The molecule has 1 heterocycles. The first-order valence-electron chi connectivity index (χ1n) is 6.59. The van der Waals surface area contributed by atoms with Crippen LogP contribution >= 0.6 is 23.5 Å². The molecule has 0 aliphatic carbocycles. The van der Waals surface area contributed by atoms with Crippen molar-refractivity contribution < 1.29 is 14.7 Å². The van der Waals surface area contributed by atoms with Gasteiger partial charge in [0.15, 0.2) is 0 Å². The number of carbonyl (C=O) groups is 2. The fraction of sp³-hybridized carbons (Fsp3) is 0.357. The third-order valence-electron chi connectivity index (χ3n) is 2.88. The number of aromatic carboxylic acids is 1. The van der Waals surface area contributed by atoms with E-state index in [0.717, 1.165) is 16.7 Å². The number of aliphatic imine (C=N–C) groups is 1. The van der Waals surface area contributed by atoms with Gasteiger partial charge in [-0.3, -0.25) is 9.79 Å². The number of anilines is 1. The van der Waals surface area contributed by atoms with E-state index in [1.54, 1.807) is 30.0 Å². The molecule has 0 aromatic heterocycles. The van der Waals surface area contributed by atoms with Crippen LogP contribution in [-0.2, 0) is 4.79 Å². The summed E-state index contributed by atoms with van der Waals surface area (Å²) >= 11 is 3.10. The summed E-state index contributed by atoms with van der Waals surface area (Å²) in [7, 11) is 0. The van der Waals surface area contributed by atoms with E-state index in [0.29, 0.717) is 12.1 Å². The summed E-state index contributed by atoms with van der Waals surface area (Å²) in [6.07, 6.45) is 0.658. The van der Waals surface area contributed by atoms with Crippen molar-refractivity contribution in [3.8, 4) is 0 Å². The normalized spacial score (nSPS) is 15.4. The molecule has 0 spiro atoms. The third-order valence-corrected chi connectivity index (χ3v) is 5.45. The van der Waals surface area contributed by atoms with Gasteiger partial charge in [-0.1, -0.05) is 42.6 Å². The Kier molecular flexibility index (Phi) is 5.69. The Bertz CT molecular complexity index is 575. The lowest BCUT2D eigenvalue weighted by Gasteiger charge is -2.15. The first-order valence-corrected chi connectivity index (χ1v) is 8.45. The van der Waals surface area contributed by atoms with E-state index in [2.05, 4.69) is 10.3 Å². The second kappa shape index (κ2) is 7.51. The highest BCUT2D eigenvalue weighted by molar-refractivity contribution is 8.39. The number of para-hydroxylation sites is 1. The average Bonchev–Trinajstić information content (AvgIpc) is 2.98. The topological polar surface area (TPSA) is 78.8 Å². The van der Waals surface area contributed by atoms with Gasteiger partial charge in [-0.2, -0.15) is 0 Å². The minimum Gasteiger partial charge on any atom is -0.478 e. The lowest BCUT2D eigenvalue weighted by atomic mass is 10.1. The van der Waals surface area contributed by atoms with E-state index in [1.165, 1.54) is 17.8 Å². The van der Waals surface area contributed by atoms with Crippen molar-refractivity contribution >= 4 is 45.5 Å². The monoisotopic (exact) mass is 324 g/mol.